The van der Waals surface area contributed by atoms with Crippen molar-refractivity contribution in [2.45, 2.75) is 31.0 Å². The molecule has 1 saturated heterocycles. The number of urea groups is 1. The molecular formula is C30H23ClN4O7. The van der Waals surface area contributed by atoms with Gasteiger partial charge in [0.2, 0.25) is 0 Å². The minimum atomic E-state index is -1.72. The number of amides is 4. The Hall–Kier alpha value is -5.16. The van der Waals surface area contributed by atoms with E-state index in [0.717, 1.165) is 27.1 Å². The largest absolute Gasteiger partial charge is 0.481 e. The molecule has 6 rings (SSSR count). The van der Waals surface area contributed by atoms with Gasteiger partial charge in [-0.05, 0) is 41.5 Å². The number of aromatic nitrogens is 1. The van der Waals surface area contributed by atoms with Crippen molar-refractivity contribution in [1.29, 1.82) is 0 Å². The summed E-state index contributed by atoms with van der Waals surface area (Å²) in [5.41, 5.74) is 3.00. The molecule has 0 bridgehead atoms. The number of hydrogen-bond acceptors (Lipinski definition) is 5. The fraction of sp³-hybridized carbons (Fsp3) is 0.167. The van der Waals surface area contributed by atoms with E-state index in [1.54, 1.807) is 24.3 Å². The second kappa shape index (κ2) is 10.3. The molecule has 4 amide bonds. The van der Waals surface area contributed by atoms with Crippen molar-refractivity contribution in [3.8, 4) is 0 Å². The number of carboxylic acids is 2. The Morgan fingerprint density at radius 2 is 1.74 bits per heavy atom. The summed E-state index contributed by atoms with van der Waals surface area (Å²) in [6.45, 7) is 0. The minimum absolute atomic E-state index is 0.0442. The SMILES string of the molecule is O=C(O)C[C@H](NC(=O)c1ccccc1N1C(=O)[C@@H]2Cc3c([nH]c4ccccc34)[C@H](c3cccc(Cl)c3)N2C1=O)C(=O)O. The maximum atomic E-state index is 14.2. The summed E-state index contributed by atoms with van der Waals surface area (Å²) >= 11 is 6.34. The van der Waals surface area contributed by atoms with E-state index in [2.05, 4.69) is 10.3 Å². The van der Waals surface area contributed by atoms with E-state index in [1.165, 1.54) is 23.1 Å². The number of anilines is 1. The molecule has 11 nitrogen and oxygen atoms in total. The molecule has 4 N–H and O–H groups in total. The summed E-state index contributed by atoms with van der Waals surface area (Å²) in [5, 5.41) is 22.0. The van der Waals surface area contributed by atoms with E-state index in [4.69, 9.17) is 16.7 Å². The van der Waals surface area contributed by atoms with Crippen LogP contribution in [0, 0.1) is 0 Å². The standard InChI is InChI=1S/C30H23ClN4O7/c31-16-7-5-6-15(12-16)26-25-19(17-8-1-3-10-20(17)32-25)13-23-28(39)35(30(42)34(23)26)22-11-4-2-9-18(22)27(38)33-21(29(40)41)14-24(36)37/h1-12,21,23,26,32H,13-14H2,(H,33,38)(H,36,37)(H,40,41)/t21-,23-,26-/m0/s1. The molecule has 0 unspecified atom stereocenters. The Morgan fingerprint density at radius 3 is 2.48 bits per heavy atom. The van der Waals surface area contributed by atoms with Crippen LogP contribution >= 0.6 is 11.6 Å². The van der Waals surface area contributed by atoms with Crippen LogP contribution in [-0.4, -0.2) is 62.0 Å². The Morgan fingerprint density at radius 1 is 1.00 bits per heavy atom. The molecule has 3 heterocycles. The van der Waals surface area contributed by atoms with Crippen LogP contribution in [0.2, 0.25) is 5.02 Å². The number of carbonyl (C=O) groups excluding carboxylic acids is 3. The van der Waals surface area contributed by atoms with Crippen molar-refractivity contribution < 1.29 is 34.2 Å². The van der Waals surface area contributed by atoms with Gasteiger partial charge >= 0.3 is 18.0 Å². The number of nitrogens with one attached hydrogen (secondary N) is 2. The zero-order chi connectivity index (χ0) is 29.7. The number of H-pyrrole nitrogens is 1. The number of benzene rings is 3. The second-order valence-corrected chi connectivity index (χ2v) is 10.5. The molecule has 1 fully saturated rings. The fourth-order valence-electron chi connectivity index (χ4n) is 5.79. The number of aliphatic carboxylic acids is 2. The fourth-order valence-corrected chi connectivity index (χ4v) is 5.99. The first-order chi connectivity index (χ1) is 20.2. The van der Waals surface area contributed by atoms with Crippen molar-refractivity contribution in [2.75, 3.05) is 4.90 Å². The molecule has 12 heteroatoms. The van der Waals surface area contributed by atoms with Crippen LogP contribution in [0.4, 0.5) is 10.5 Å². The highest BCUT2D eigenvalue weighted by Crippen LogP contribution is 2.45. The predicted molar refractivity (Wildman–Crippen MR) is 151 cm³/mol. The molecule has 4 aromatic rings. The third-order valence-corrected chi connectivity index (χ3v) is 7.82. The summed E-state index contributed by atoms with van der Waals surface area (Å²) in [7, 11) is 0. The molecule has 212 valence electrons. The lowest BCUT2D eigenvalue weighted by Crippen LogP contribution is -2.44. The normalized spacial score (nSPS) is 18.5. The second-order valence-electron chi connectivity index (χ2n) is 10.1. The highest BCUT2D eigenvalue weighted by Gasteiger charge is 2.53. The summed E-state index contributed by atoms with van der Waals surface area (Å²) in [5.74, 6) is -4.44. The molecule has 2 aliphatic heterocycles. The number of para-hydroxylation sites is 2. The van der Waals surface area contributed by atoms with Crippen molar-refractivity contribution in [2.24, 2.45) is 0 Å². The van der Waals surface area contributed by atoms with Crippen molar-refractivity contribution >= 4 is 58.0 Å². The van der Waals surface area contributed by atoms with E-state index >= 15 is 0 Å². The number of hydrogen-bond donors (Lipinski definition) is 4. The number of imide groups is 1. The number of rotatable bonds is 7. The van der Waals surface area contributed by atoms with Gasteiger partial charge in [-0.1, -0.05) is 54.1 Å². The van der Waals surface area contributed by atoms with Gasteiger partial charge in [0.05, 0.1) is 17.7 Å². The van der Waals surface area contributed by atoms with Crippen LogP contribution < -0.4 is 10.2 Å². The monoisotopic (exact) mass is 586 g/mol. The van der Waals surface area contributed by atoms with E-state index in [-0.39, 0.29) is 17.7 Å². The number of carboxylic acid groups (broad SMARTS) is 2. The molecule has 0 radical (unpaired) electrons. The maximum absolute atomic E-state index is 14.2. The highest BCUT2D eigenvalue weighted by molar-refractivity contribution is 6.30. The number of carbonyl (C=O) groups is 5. The first-order valence-corrected chi connectivity index (χ1v) is 13.4. The lowest BCUT2D eigenvalue weighted by Gasteiger charge is -2.36. The Balaban J connectivity index is 1.43. The molecule has 0 spiro atoms. The first-order valence-electron chi connectivity index (χ1n) is 13.0. The average Bonchev–Trinajstić information content (AvgIpc) is 3.45. The summed E-state index contributed by atoms with van der Waals surface area (Å²) in [6.07, 6.45) is -0.626. The van der Waals surface area contributed by atoms with Gasteiger partial charge in [-0.3, -0.25) is 19.3 Å². The average molecular weight is 587 g/mol. The maximum Gasteiger partial charge on any atom is 0.332 e. The first kappa shape index (κ1) is 27.0. The van der Waals surface area contributed by atoms with E-state index in [1.807, 2.05) is 30.3 Å². The smallest absolute Gasteiger partial charge is 0.332 e. The molecule has 42 heavy (non-hydrogen) atoms. The number of fused-ring (bicyclic) bond motifs is 4. The van der Waals surface area contributed by atoms with Crippen molar-refractivity contribution in [3.63, 3.8) is 0 Å². The molecular weight excluding hydrogens is 564 g/mol. The molecule has 0 saturated carbocycles. The Bertz CT molecular complexity index is 1800. The zero-order valence-corrected chi connectivity index (χ0v) is 22.5. The van der Waals surface area contributed by atoms with Gasteiger partial charge in [0, 0.05) is 28.0 Å². The molecule has 3 aromatic carbocycles. The van der Waals surface area contributed by atoms with Crippen LogP contribution in [0.5, 0.6) is 0 Å². The van der Waals surface area contributed by atoms with Gasteiger partial charge in [-0.25, -0.2) is 14.5 Å². The number of nitrogens with zero attached hydrogens (tertiary/aromatic N) is 2. The molecule has 3 atom stereocenters. The van der Waals surface area contributed by atoms with Crippen LogP contribution in [0.3, 0.4) is 0 Å². The minimum Gasteiger partial charge on any atom is -0.481 e. The van der Waals surface area contributed by atoms with Crippen molar-refractivity contribution in [3.05, 3.63) is 100 Å². The zero-order valence-electron chi connectivity index (χ0n) is 21.8. The van der Waals surface area contributed by atoms with Crippen LogP contribution in [0.15, 0.2) is 72.8 Å². The quantitative estimate of drug-likeness (QED) is 0.238. The van der Waals surface area contributed by atoms with Crippen molar-refractivity contribution in [1.82, 2.24) is 15.2 Å². The molecule has 0 aliphatic carbocycles. The van der Waals surface area contributed by atoms with Gasteiger partial charge in [-0.2, -0.15) is 0 Å². The van der Waals surface area contributed by atoms with Crippen LogP contribution in [0.25, 0.3) is 10.9 Å². The van der Waals surface area contributed by atoms with E-state index in [0.29, 0.717) is 10.6 Å². The van der Waals surface area contributed by atoms with E-state index in [9.17, 15) is 29.1 Å². The summed E-state index contributed by atoms with van der Waals surface area (Å²) in [6, 6.07) is 16.5. The van der Waals surface area contributed by atoms with Gasteiger partial charge in [-0.15, -0.1) is 0 Å². The van der Waals surface area contributed by atoms with Crippen LogP contribution in [0.1, 0.15) is 39.6 Å². The summed E-state index contributed by atoms with van der Waals surface area (Å²) < 4.78 is 0. The Labute approximate surface area is 243 Å². The molecule has 2 aliphatic rings. The van der Waals surface area contributed by atoms with E-state index < -0.39 is 54.3 Å². The third kappa shape index (κ3) is 4.44. The predicted octanol–water partition coefficient (Wildman–Crippen LogP) is 3.96. The molecule has 1 aromatic heterocycles. The van der Waals surface area contributed by atoms with Crippen LogP contribution in [-0.2, 0) is 20.8 Å². The van der Waals surface area contributed by atoms with Gasteiger partial charge < -0.3 is 20.5 Å². The number of halogens is 1. The van der Waals surface area contributed by atoms with Gasteiger partial charge in [0.1, 0.15) is 18.1 Å². The third-order valence-electron chi connectivity index (χ3n) is 7.59. The van der Waals surface area contributed by atoms with Gasteiger partial charge in [0.25, 0.3) is 11.8 Å². The Kier molecular flexibility index (Phi) is 6.66. The highest BCUT2D eigenvalue weighted by atomic mass is 35.5. The lowest BCUT2D eigenvalue weighted by molar-refractivity contribution is -0.145. The van der Waals surface area contributed by atoms with Gasteiger partial charge in [0.15, 0.2) is 0 Å². The number of aromatic amines is 1. The topological polar surface area (TPSA) is 160 Å². The summed E-state index contributed by atoms with van der Waals surface area (Å²) in [4.78, 5) is 70.0. The lowest BCUT2D eigenvalue weighted by atomic mass is 9.89.